The first-order valence-electron chi connectivity index (χ1n) is 8.84. The third-order valence-electron chi connectivity index (χ3n) is 4.22. The van der Waals surface area contributed by atoms with Crippen molar-refractivity contribution in [2.75, 3.05) is 23.8 Å². The van der Waals surface area contributed by atoms with Crippen LogP contribution in [0, 0.1) is 0 Å². The standard InChI is InChI=1S/C19H19F3N4O2/c1-10(2)24-13-8-15(26-18-16(13)11(9-23-18)19(20,21)22)25-12-4-3-5-14-17(12)28-7-6-27-14/h3-5,8-10H,6-7H2,1-2H3,(H3,23,24,25,26). The van der Waals surface area contributed by atoms with Crippen molar-refractivity contribution < 1.29 is 22.6 Å². The van der Waals surface area contributed by atoms with Gasteiger partial charge < -0.3 is 25.1 Å². The molecule has 4 rings (SSSR count). The van der Waals surface area contributed by atoms with Crippen LogP contribution in [0.4, 0.5) is 30.4 Å². The Hall–Kier alpha value is -3.10. The molecule has 9 heteroatoms. The molecule has 0 amide bonds. The van der Waals surface area contributed by atoms with Gasteiger partial charge in [0.15, 0.2) is 11.5 Å². The van der Waals surface area contributed by atoms with Gasteiger partial charge in [-0.15, -0.1) is 0 Å². The monoisotopic (exact) mass is 392 g/mol. The third-order valence-corrected chi connectivity index (χ3v) is 4.22. The zero-order valence-electron chi connectivity index (χ0n) is 15.3. The summed E-state index contributed by atoms with van der Waals surface area (Å²) in [5.74, 6) is 1.54. The lowest BCUT2D eigenvalue weighted by molar-refractivity contribution is -0.136. The van der Waals surface area contributed by atoms with E-state index in [0.717, 1.165) is 6.20 Å². The van der Waals surface area contributed by atoms with Crippen LogP contribution in [0.25, 0.3) is 11.0 Å². The van der Waals surface area contributed by atoms with Crippen molar-refractivity contribution in [2.45, 2.75) is 26.1 Å². The fourth-order valence-electron chi connectivity index (χ4n) is 3.16. The smallest absolute Gasteiger partial charge is 0.418 e. The second-order valence-electron chi connectivity index (χ2n) is 6.73. The van der Waals surface area contributed by atoms with Crippen molar-refractivity contribution in [3.05, 3.63) is 36.0 Å². The number of ether oxygens (including phenoxy) is 2. The number of fused-ring (bicyclic) bond motifs is 2. The average molecular weight is 392 g/mol. The van der Waals surface area contributed by atoms with Gasteiger partial charge in [0, 0.05) is 24.0 Å². The van der Waals surface area contributed by atoms with Gasteiger partial charge in [0.05, 0.1) is 16.6 Å². The van der Waals surface area contributed by atoms with Gasteiger partial charge in [-0.25, -0.2) is 4.98 Å². The molecule has 1 aliphatic heterocycles. The van der Waals surface area contributed by atoms with E-state index in [2.05, 4.69) is 20.6 Å². The number of rotatable bonds is 4. The summed E-state index contributed by atoms with van der Waals surface area (Å²) < 4.78 is 51.4. The number of aromatic nitrogens is 2. The molecular weight excluding hydrogens is 373 g/mol. The SMILES string of the molecule is CC(C)Nc1cc(Nc2cccc3c2OCCO3)nc2[nH]cc(C(F)(F)F)c12. The van der Waals surface area contributed by atoms with Crippen LogP contribution in [0.5, 0.6) is 11.5 Å². The van der Waals surface area contributed by atoms with Gasteiger partial charge in [-0.2, -0.15) is 13.2 Å². The minimum atomic E-state index is -4.48. The second kappa shape index (κ2) is 6.81. The Labute approximate surface area is 159 Å². The molecule has 3 N–H and O–H groups in total. The molecule has 0 saturated carbocycles. The van der Waals surface area contributed by atoms with Gasteiger partial charge in [-0.1, -0.05) is 6.07 Å². The van der Waals surface area contributed by atoms with Crippen molar-refractivity contribution >= 4 is 28.2 Å². The number of pyridine rings is 1. The Bertz CT molecular complexity index is 1010. The quantitative estimate of drug-likeness (QED) is 0.588. The maximum Gasteiger partial charge on any atom is 0.418 e. The number of benzene rings is 1. The largest absolute Gasteiger partial charge is 0.486 e. The molecule has 28 heavy (non-hydrogen) atoms. The molecule has 0 saturated heterocycles. The van der Waals surface area contributed by atoms with E-state index in [-0.39, 0.29) is 17.1 Å². The van der Waals surface area contributed by atoms with Crippen LogP contribution >= 0.6 is 0 Å². The Morgan fingerprint density at radius 2 is 1.93 bits per heavy atom. The predicted molar refractivity (Wildman–Crippen MR) is 101 cm³/mol. The summed E-state index contributed by atoms with van der Waals surface area (Å²) in [6.07, 6.45) is -3.54. The minimum Gasteiger partial charge on any atom is -0.486 e. The topological polar surface area (TPSA) is 71.2 Å². The number of hydrogen-bond donors (Lipinski definition) is 3. The molecule has 3 aromatic rings. The zero-order chi connectivity index (χ0) is 19.9. The Morgan fingerprint density at radius 1 is 1.14 bits per heavy atom. The molecule has 0 radical (unpaired) electrons. The van der Waals surface area contributed by atoms with E-state index < -0.39 is 11.7 Å². The van der Waals surface area contributed by atoms with Crippen LogP contribution in [0.1, 0.15) is 19.4 Å². The summed E-state index contributed by atoms with van der Waals surface area (Å²) >= 11 is 0. The van der Waals surface area contributed by atoms with Crippen LogP contribution in [0.2, 0.25) is 0 Å². The molecular formula is C19H19F3N4O2. The molecule has 0 spiro atoms. The van der Waals surface area contributed by atoms with E-state index in [1.54, 1.807) is 24.3 Å². The molecule has 0 atom stereocenters. The fourth-order valence-corrected chi connectivity index (χ4v) is 3.16. The molecule has 2 aromatic heterocycles. The van der Waals surface area contributed by atoms with Crippen LogP contribution < -0.4 is 20.1 Å². The van der Waals surface area contributed by atoms with Crippen LogP contribution in [-0.2, 0) is 6.18 Å². The lowest BCUT2D eigenvalue weighted by atomic mass is 10.1. The summed E-state index contributed by atoms with van der Waals surface area (Å²) in [5.41, 5.74) is 0.362. The van der Waals surface area contributed by atoms with Crippen molar-refractivity contribution in [3.8, 4) is 11.5 Å². The Kier molecular flexibility index (Phi) is 4.44. The molecule has 0 aliphatic carbocycles. The van der Waals surface area contributed by atoms with Gasteiger partial charge >= 0.3 is 6.18 Å². The highest BCUT2D eigenvalue weighted by molar-refractivity contribution is 5.95. The number of hydrogen-bond acceptors (Lipinski definition) is 5. The summed E-state index contributed by atoms with van der Waals surface area (Å²) in [6.45, 7) is 4.60. The second-order valence-corrected chi connectivity index (χ2v) is 6.73. The first kappa shape index (κ1) is 18.3. The predicted octanol–water partition coefficient (Wildman–Crippen LogP) is 4.92. The van der Waals surface area contributed by atoms with E-state index in [9.17, 15) is 13.2 Å². The van der Waals surface area contributed by atoms with Crippen LogP contribution in [-0.4, -0.2) is 29.2 Å². The van der Waals surface area contributed by atoms with Gasteiger partial charge in [-0.05, 0) is 26.0 Å². The Morgan fingerprint density at radius 3 is 2.68 bits per heavy atom. The minimum absolute atomic E-state index is 0.0152. The van der Waals surface area contributed by atoms with E-state index in [1.807, 2.05) is 13.8 Å². The van der Waals surface area contributed by atoms with E-state index >= 15 is 0 Å². The van der Waals surface area contributed by atoms with Gasteiger partial charge in [0.25, 0.3) is 0 Å². The number of aromatic amines is 1. The van der Waals surface area contributed by atoms with Crippen molar-refractivity contribution in [1.82, 2.24) is 9.97 Å². The van der Waals surface area contributed by atoms with Gasteiger partial charge in [0.2, 0.25) is 0 Å². The van der Waals surface area contributed by atoms with E-state index in [4.69, 9.17) is 9.47 Å². The molecule has 0 unspecified atom stereocenters. The number of H-pyrrole nitrogens is 1. The van der Waals surface area contributed by atoms with Crippen molar-refractivity contribution in [3.63, 3.8) is 0 Å². The molecule has 0 fully saturated rings. The number of alkyl halides is 3. The van der Waals surface area contributed by atoms with Crippen LogP contribution in [0.15, 0.2) is 30.5 Å². The summed E-state index contributed by atoms with van der Waals surface area (Å²) in [6, 6.07) is 6.90. The highest BCUT2D eigenvalue weighted by atomic mass is 19.4. The molecule has 6 nitrogen and oxygen atoms in total. The molecule has 1 aliphatic rings. The van der Waals surface area contributed by atoms with Gasteiger partial charge in [-0.3, -0.25) is 0 Å². The zero-order valence-corrected chi connectivity index (χ0v) is 15.3. The lowest BCUT2D eigenvalue weighted by Gasteiger charge is -2.21. The van der Waals surface area contributed by atoms with Crippen molar-refractivity contribution in [1.29, 1.82) is 0 Å². The highest BCUT2D eigenvalue weighted by Gasteiger charge is 2.35. The lowest BCUT2D eigenvalue weighted by Crippen LogP contribution is -2.16. The number of halogens is 3. The summed E-state index contributed by atoms with van der Waals surface area (Å²) in [7, 11) is 0. The average Bonchev–Trinajstić information content (AvgIpc) is 3.06. The van der Waals surface area contributed by atoms with Crippen molar-refractivity contribution in [2.24, 2.45) is 0 Å². The number of nitrogens with zero attached hydrogens (tertiary/aromatic N) is 1. The first-order valence-corrected chi connectivity index (χ1v) is 8.84. The van der Waals surface area contributed by atoms with Crippen LogP contribution in [0.3, 0.4) is 0 Å². The van der Waals surface area contributed by atoms with Gasteiger partial charge in [0.1, 0.15) is 24.7 Å². The number of anilines is 3. The number of para-hydroxylation sites is 1. The third kappa shape index (κ3) is 3.39. The first-order chi connectivity index (χ1) is 13.3. The summed E-state index contributed by atoms with van der Waals surface area (Å²) in [5, 5.41) is 6.22. The maximum atomic E-state index is 13.4. The number of nitrogens with one attached hydrogen (secondary N) is 3. The Balaban J connectivity index is 1.79. The summed E-state index contributed by atoms with van der Waals surface area (Å²) in [4.78, 5) is 6.95. The van der Waals surface area contributed by atoms with E-state index in [0.29, 0.717) is 41.9 Å². The molecule has 1 aromatic carbocycles. The fraction of sp³-hybridized carbons (Fsp3) is 0.316. The maximum absolute atomic E-state index is 13.4. The molecule has 0 bridgehead atoms. The molecule has 3 heterocycles. The van der Waals surface area contributed by atoms with E-state index in [1.165, 1.54) is 0 Å². The normalized spacial score (nSPS) is 13.8. The highest BCUT2D eigenvalue weighted by Crippen LogP contribution is 2.41. The molecule has 148 valence electrons.